The Kier molecular flexibility index (Phi) is 4.45. The van der Waals surface area contributed by atoms with Crippen molar-refractivity contribution in [3.63, 3.8) is 0 Å². The molecule has 2 aromatic carbocycles. The van der Waals surface area contributed by atoms with E-state index in [4.69, 9.17) is 0 Å². The van der Waals surface area contributed by atoms with Gasteiger partial charge in [-0.1, -0.05) is 33.6 Å². The molecule has 24 heavy (non-hydrogen) atoms. The molecule has 0 spiro atoms. The third-order valence-electron chi connectivity index (χ3n) is 4.19. The number of nitrogens with zero attached hydrogens (tertiary/aromatic N) is 1. The van der Waals surface area contributed by atoms with Crippen LogP contribution in [0.3, 0.4) is 0 Å². The van der Waals surface area contributed by atoms with Gasteiger partial charge in [0, 0.05) is 10.2 Å². The minimum absolute atomic E-state index is 0.162. The van der Waals surface area contributed by atoms with Crippen LogP contribution < -0.4 is 10.2 Å². The van der Waals surface area contributed by atoms with Gasteiger partial charge >= 0.3 is 0 Å². The Morgan fingerprint density at radius 1 is 1.04 bits per heavy atom. The molecule has 1 atom stereocenters. The summed E-state index contributed by atoms with van der Waals surface area (Å²) in [6.45, 7) is 5.88. The SMILES string of the molecule is Cc1cc(C)c(N2C(=O)C[C@H](Nc3ccc(Br)cc3)C2=O)c(C)c1. The van der Waals surface area contributed by atoms with E-state index in [1.807, 2.05) is 57.2 Å². The monoisotopic (exact) mass is 386 g/mol. The van der Waals surface area contributed by atoms with Gasteiger partial charge < -0.3 is 5.32 Å². The van der Waals surface area contributed by atoms with Crippen LogP contribution in [0.25, 0.3) is 0 Å². The van der Waals surface area contributed by atoms with Crippen molar-refractivity contribution in [2.75, 3.05) is 10.2 Å². The number of aryl methyl sites for hydroxylation is 3. The first-order valence-corrected chi connectivity index (χ1v) is 8.63. The highest BCUT2D eigenvalue weighted by Crippen LogP contribution is 2.31. The summed E-state index contributed by atoms with van der Waals surface area (Å²) in [6, 6.07) is 11.0. The standard InChI is InChI=1S/C19H19BrN2O2/c1-11-8-12(2)18(13(3)9-11)22-17(23)10-16(19(22)24)21-15-6-4-14(20)5-7-15/h4-9,16,21H,10H2,1-3H3/t16-/m0/s1. The number of benzene rings is 2. The molecule has 124 valence electrons. The van der Waals surface area contributed by atoms with E-state index in [2.05, 4.69) is 21.2 Å². The van der Waals surface area contributed by atoms with Gasteiger partial charge in [0.05, 0.1) is 12.1 Å². The van der Waals surface area contributed by atoms with Gasteiger partial charge in [-0.2, -0.15) is 0 Å². The summed E-state index contributed by atoms with van der Waals surface area (Å²) in [5.41, 5.74) is 4.55. The maximum atomic E-state index is 12.8. The number of hydrogen-bond donors (Lipinski definition) is 1. The number of anilines is 2. The Bertz CT molecular complexity index is 792. The Morgan fingerprint density at radius 3 is 2.21 bits per heavy atom. The summed E-state index contributed by atoms with van der Waals surface area (Å²) in [7, 11) is 0. The number of hydrogen-bond acceptors (Lipinski definition) is 3. The second-order valence-electron chi connectivity index (χ2n) is 6.22. The molecule has 0 bridgehead atoms. The Hall–Kier alpha value is -2.14. The predicted molar refractivity (Wildman–Crippen MR) is 99.3 cm³/mol. The minimum Gasteiger partial charge on any atom is -0.373 e. The fourth-order valence-electron chi connectivity index (χ4n) is 3.25. The highest BCUT2D eigenvalue weighted by Gasteiger charge is 2.40. The minimum atomic E-state index is -0.529. The van der Waals surface area contributed by atoms with Gasteiger partial charge in [0.15, 0.2) is 0 Å². The van der Waals surface area contributed by atoms with Crippen molar-refractivity contribution >= 4 is 39.1 Å². The Balaban J connectivity index is 1.88. The van der Waals surface area contributed by atoms with E-state index in [1.165, 1.54) is 4.90 Å². The van der Waals surface area contributed by atoms with Gasteiger partial charge in [-0.25, -0.2) is 4.90 Å². The molecule has 1 heterocycles. The van der Waals surface area contributed by atoms with Crippen LogP contribution in [0.15, 0.2) is 40.9 Å². The molecule has 1 N–H and O–H groups in total. The summed E-state index contributed by atoms with van der Waals surface area (Å²) in [5, 5.41) is 3.17. The molecule has 2 amide bonds. The molecule has 0 unspecified atom stereocenters. The molecule has 0 aliphatic carbocycles. The summed E-state index contributed by atoms with van der Waals surface area (Å²) in [5.74, 6) is -0.359. The maximum absolute atomic E-state index is 12.8. The zero-order valence-corrected chi connectivity index (χ0v) is 15.5. The lowest BCUT2D eigenvalue weighted by atomic mass is 10.0. The number of carbonyl (C=O) groups excluding carboxylic acids is 2. The fourth-order valence-corrected chi connectivity index (χ4v) is 3.52. The number of imide groups is 1. The summed E-state index contributed by atoms with van der Waals surface area (Å²) in [6.07, 6.45) is 0.168. The highest BCUT2D eigenvalue weighted by atomic mass is 79.9. The van der Waals surface area contributed by atoms with Crippen LogP contribution in [0.1, 0.15) is 23.1 Å². The van der Waals surface area contributed by atoms with Gasteiger partial charge in [0.1, 0.15) is 6.04 Å². The van der Waals surface area contributed by atoms with Crippen LogP contribution in [-0.2, 0) is 9.59 Å². The van der Waals surface area contributed by atoms with Gasteiger partial charge in [-0.05, 0) is 56.2 Å². The van der Waals surface area contributed by atoms with Crippen LogP contribution in [-0.4, -0.2) is 17.9 Å². The van der Waals surface area contributed by atoms with Gasteiger partial charge in [0.2, 0.25) is 5.91 Å². The molecule has 1 aliphatic heterocycles. The second kappa shape index (κ2) is 6.40. The van der Waals surface area contributed by atoms with Crippen LogP contribution in [0.5, 0.6) is 0 Å². The number of rotatable bonds is 3. The normalized spacial score (nSPS) is 17.5. The van der Waals surface area contributed by atoms with Crippen LogP contribution in [0, 0.1) is 20.8 Å². The average Bonchev–Trinajstić information content (AvgIpc) is 2.76. The number of halogens is 1. The molecule has 1 aliphatic rings. The van der Waals surface area contributed by atoms with Crippen molar-refractivity contribution in [3.05, 3.63) is 57.6 Å². The number of nitrogens with one attached hydrogen (secondary N) is 1. The van der Waals surface area contributed by atoms with Gasteiger partial charge in [-0.3, -0.25) is 9.59 Å². The van der Waals surface area contributed by atoms with Crippen molar-refractivity contribution in [3.8, 4) is 0 Å². The van der Waals surface area contributed by atoms with E-state index < -0.39 is 6.04 Å². The molecule has 0 aromatic heterocycles. The Labute approximate surface area is 150 Å². The predicted octanol–water partition coefficient (Wildman–Crippen LogP) is 4.12. The van der Waals surface area contributed by atoms with E-state index in [-0.39, 0.29) is 18.2 Å². The molecule has 3 rings (SSSR count). The largest absolute Gasteiger partial charge is 0.373 e. The summed E-state index contributed by atoms with van der Waals surface area (Å²) < 4.78 is 0.967. The maximum Gasteiger partial charge on any atom is 0.256 e. The Morgan fingerprint density at radius 2 is 1.62 bits per heavy atom. The summed E-state index contributed by atoms with van der Waals surface area (Å²) >= 11 is 3.38. The third kappa shape index (κ3) is 3.08. The molecule has 1 saturated heterocycles. The zero-order valence-electron chi connectivity index (χ0n) is 13.9. The third-order valence-corrected chi connectivity index (χ3v) is 4.72. The van der Waals surface area contributed by atoms with Crippen LogP contribution in [0.4, 0.5) is 11.4 Å². The van der Waals surface area contributed by atoms with Crippen molar-refractivity contribution in [2.24, 2.45) is 0 Å². The lowest BCUT2D eigenvalue weighted by Gasteiger charge is -2.21. The smallest absolute Gasteiger partial charge is 0.256 e. The van der Waals surface area contributed by atoms with E-state index in [1.54, 1.807) is 0 Å². The van der Waals surface area contributed by atoms with Crippen LogP contribution in [0.2, 0.25) is 0 Å². The van der Waals surface area contributed by atoms with Crippen molar-refractivity contribution in [1.29, 1.82) is 0 Å². The quantitative estimate of drug-likeness (QED) is 0.807. The molecule has 4 nitrogen and oxygen atoms in total. The fraction of sp³-hybridized carbons (Fsp3) is 0.263. The molecule has 5 heteroatoms. The zero-order chi connectivity index (χ0) is 17.4. The molecular formula is C19H19BrN2O2. The number of carbonyl (C=O) groups is 2. The number of amides is 2. The van der Waals surface area contributed by atoms with Gasteiger partial charge in [0.25, 0.3) is 5.91 Å². The van der Waals surface area contributed by atoms with Gasteiger partial charge in [-0.15, -0.1) is 0 Å². The molecule has 2 aromatic rings. The van der Waals surface area contributed by atoms with E-state index in [0.717, 1.165) is 32.5 Å². The lowest BCUT2D eigenvalue weighted by Crippen LogP contribution is -2.35. The molecule has 1 fully saturated rings. The summed E-state index contributed by atoms with van der Waals surface area (Å²) in [4.78, 5) is 26.6. The molecule has 0 saturated carbocycles. The molecule has 0 radical (unpaired) electrons. The first kappa shape index (κ1) is 16.7. The first-order valence-electron chi connectivity index (χ1n) is 7.83. The van der Waals surface area contributed by atoms with E-state index in [9.17, 15) is 9.59 Å². The second-order valence-corrected chi connectivity index (χ2v) is 7.14. The first-order chi connectivity index (χ1) is 11.4. The average molecular weight is 387 g/mol. The van der Waals surface area contributed by atoms with E-state index >= 15 is 0 Å². The van der Waals surface area contributed by atoms with Crippen LogP contribution >= 0.6 is 15.9 Å². The van der Waals surface area contributed by atoms with Crippen molar-refractivity contribution in [1.82, 2.24) is 0 Å². The van der Waals surface area contributed by atoms with Crippen molar-refractivity contribution in [2.45, 2.75) is 33.2 Å². The molecular weight excluding hydrogens is 368 g/mol. The lowest BCUT2D eigenvalue weighted by molar-refractivity contribution is -0.121. The highest BCUT2D eigenvalue weighted by molar-refractivity contribution is 9.10. The van der Waals surface area contributed by atoms with Crippen molar-refractivity contribution < 1.29 is 9.59 Å². The topological polar surface area (TPSA) is 49.4 Å². The van der Waals surface area contributed by atoms with E-state index in [0.29, 0.717) is 0 Å².